The van der Waals surface area contributed by atoms with Crippen LogP contribution in [0.25, 0.3) is 0 Å². The number of hydrogen-bond acceptors (Lipinski definition) is 4. The standard InChI is InChI=1S/C18H29BN2O2/c1-13-11-21(12-14(2)20-13)16-9-7-15(8-10-16)19-22-17(3,4)18(5,6)23-19/h7-10,13-14,20H,11-12H2,1-6H3. The highest BCUT2D eigenvalue weighted by molar-refractivity contribution is 6.62. The van der Waals surface area contributed by atoms with Crippen molar-refractivity contribution < 1.29 is 9.31 Å². The summed E-state index contributed by atoms with van der Waals surface area (Å²) in [6, 6.07) is 9.67. The lowest BCUT2D eigenvalue weighted by Crippen LogP contribution is -2.54. The average Bonchev–Trinajstić information content (AvgIpc) is 2.66. The second kappa shape index (κ2) is 5.80. The summed E-state index contributed by atoms with van der Waals surface area (Å²) in [5, 5.41) is 3.57. The summed E-state index contributed by atoms with van der Waals surface area (Å²) >= 11 is 0. The lowest BCUT2D eigenvalue weighted by Gasteiger charge is -2.37. The minimum atomic E-state index is -0.292. The van der Waals surface area contributed by atoms with Crippen molar-refractivity contribution >= 4 is 18.3 Å². The van der Waals surface area contributed by atoms with Gasteiger partial charge in [0.1, 0.15) is 0 Å². The van der Waals surface area contributed by atoms with Crippen LogP contribution in [0.4, 0.5) is 5.69 Å². The number of hydrogen-bond donors (Lipinski definition) is 1. The van der Waals surface area contributed by atoms with Gasteiger partial charge in [0.05, 0.1) is 11.2 Å². The number of nitrogens with zero attached hydrogens (tertiary/aromatic N) is 1. The van der Waals surface area contributed by atoms with Gasteiger partial charge in [0.25, 0.3) is 0 Å². The van der Waals surface area contributed by atoms with E-state index in [0.717, 1.165) is 18.6 Å². The first kappa shape index (κ1) is 16.8. The Balaban J connectivity index is 1.73. The van der Waals surface area contributed by atoms with Crippen molar-refractivity contribution in [3.8, 4) is 0 Å². The van der Waals surface area contributed by atoms with E-state index in [0.29, 0.717) is 12.1 Å². The van der Waals surface area contributed by atoms with Crippen molar-refractivity contribution in [2.45, 2.75) is 64.8 Å². The molecule has 0 bridgehead atoms. The van der Waals surface area contributed by atoms with Crippen LogP contribution in [-0.2, 0) is 9.31 Å². The maximum Gasteiger partial charge on any atom is 0.494 e. The molecule has 0 aromatic heterocycles. The summed E-state index contributed by atoms with van der Waals surface area (Å²) < 4.78 is 12.2. The minimum absolute atomic E-state index is 0.282. The molecule has 0 amide bonds. The van der Waals surface area contributed by atoms with E-state index >= 15 is 0 Å². The molecule has 2 heterocycles. The van der Waals surface area contributed by atoms with Crippen LogP contribution in [0.2, 0.25) is 0 Å². The summed E-state index contributed by atoms with van der Waals surface area (Å²) in [5.74, 6) is 0. The molecule has 2 unspecified atom stereocenters. The molecule has 5 heteroatoms. The molecule has 3 rings (SSSR count). The Morgan fingerprint density at radius 3 is 1.91 bits per heavy atom. The van der Waals surface area contributed by atoms with Crippen molar-refractivity contribution in [1.29, 1.82) is 0 Å². The van der Waals surface area contributed by atoms with E-state index in [1.54, 1.807) is 0 Å². The van der Waals surface area contributed by atoms with Crippen LogP contribution < -0.4 is 15.7 Å². The highest BCUT2D eigenvalue weighted by Gasteiger charge is 2.51. The number of anilines is 1. The van der Waals surface area contributed by atoms with E-state index in [9.17, 15) is 0 Å². The molecule has 2 saturated heterocycles. The van der Waals surface area contributed by atoms with E-state index in [1.807, 2.05) is 0 Å². The zero-order chi connectivity index (χ0) is 16.8. The Kier molecular flexibility index (Phi) is 4.24. The van der Waals surface area contributed by atoms with Gasteiger partial charge < -0.3 is 19.5 Å². The fraction of sp³-hybridized carbons (Fsp3) is 0.667. The van der Waals surface area contributed by atoms with Crippen molar-refractivity contribution in [3.05, 3.63) is 24.3 Å². The predicted molar refractivity (Wildman–Crippen MR) is 96.4 cm³/mol. The molecule has 2 aliphatic rings. The van der Waals surface area contributed by atoms with Gasteiger partial charge >= 0.3 is 7.12 Å². The quantitative estimate of drug-likeness (QED) is 0.848. The van der Waals surface area contributed by atoms with Crippen LogP contribution in [0.1, 0.15) is 41.5 Å². The molecular weight excluding hydrogens is 287 g/mol. The molecule has 0 radical (unpaired) electrons. The van der Waals surface area contributed by atoms with Gasteiger partial charge in [0.2, 0.25) is 0 Å². The minimum Gasteiger partial charge on any atom is -0.399 e. The van der Waals surface area contributed by atoms with E-state index in [1.165, 1.54) is 5.69 Å². The summed E-state index contributed by atoms with van der Waals surface area (Å²) in [7, 11) is -0.282. The van der Waals surface area contributed by atoms with Gasteiger partial charge in [0, 0.05) is 30.9 Å². The maximum atomic E-state index is 6.12. The van der Waals surface area contributed by atoms with Crippen LogP contribution in [0, 0.1) is 0 Å². The third-order valence-corrected chi connectivity index (χ3v) is 5.34. The number of rotatable bonds is 2. The molecule has 2 atom stereocenters. The first-order valence-electron chi connectivity index (χ1n) is 8.64. The van der Waals surface area contributed by atoms with Crippen molar-refractivity contribution in [3.63, 3.8) is 0 Å². The molecule has 2 fully saturated rings. The number of piperazine rings is 1. The van der Waals surface area contributed by atoms with Gasteiger partial charge in [0.15, 0.2) is 0 Å². The van der Waals surface area contributed by atoms with Gasteiger partial charge in [-0.05, 0) is 59.1 Å². The third-order valence-electron chi connectivity index (χ3n) is 5.34. The van der Waals surface area contributed by atoms with Crippen LogP contribution in [-0.4, -0.2) is 43.5 Å². The second-order valence-electron chi connectivity index (χ2n) is 8.05. The van der Waals surface area contributed by atoms with Crippen LogP contribution in [0.15, 0.2) is 24.3 Å². The van der Waals surface area contributed by atoms with Crippen LogP contribution in [0.5, 0.6) is 0 Å². The Morgan fingerprint density at radius 1 is 0.957 bits per heavy atom. The number of benzene rings is 1. The zero-order valence-corrected chi connectivity index (χ0v) is 15.2. The van der Waals surface area contributed by atoms with E-state index < -0.39 is 0 Å². The molecule has 1 N–H and O–H groups in total. The molecule has 126 valence electrons. The lowest BCUT2D eigenvalue weighted by molar-refractivity contribution is 0.00578. The topological polar surface area (TPSA) is 33.7 Å². The molecule has 1 aromatic carbocycles. The molecular formula is C18H29BN2O2. The van der Waals surface area contributed by atoms with Gasteiger partial charge in [-0.3, -0.25) is 0 Å². The second-order valence-corrected chi connectivity index (χ2v) is 8.05. The van der Waals surface area contributed by atoms with Gasteiger partial charge in [-0.15, -0.1) is 0 Å². The first-order chi connectivity index (χ1) is 10.7. The van der Waals surface area contributed by atoms with Gasteiger partial charge in [-0.2, -0.15) is 0 Å². The molecule has 1 aromatic rings. The van der Waals surface area contributed by atoms with Crippen molar-refractivity contribution in [2.24, 2.45) is 0 Å². The third kappa shape index (κ3) is 3.28. The zero-order valence-electron chi connectivity index (χ0n) is 15.2. The SMILES string of the molecule is CC1CN(c2ccc(B3OC(C)(C)C(C)(C)O3)cc2)CC(C)N1. The monoisotopic (exact) mass is 316 g/mol. The fourth-order valence-electron chi connectivity index (χ4n) is 3.36. The van der Waals surface area contributed by atoms with Crippen LogP contribution in [0.3, 0.4) is 0 Å². The molecule has 0 saturated carbocycles. The molecule has 0 spiro atoms. The van der Waals surface area contributed by atoms with E-state index in [-0.39, 0.29) is 18.3 Å². The Labute approximate surface area is 140 Å². The fourth-order valence-corrected chi connectivity index (χ4v) is 3.36. The van der Waals surface area contributed by atoms with Gasteiger partial charge in [-0.25, -0.2) is 0 Å². The smallest absolute Gasteiger partial charge is 0.399 e. The highest BCUT2D eigenvalue weighted by Crippen LogP contribution is 2.36. The van der Waals surface area contributed by atoms with Crippen molar-refractivity contribution in [2.75, 3.05) is 18.0 Å². The van der Waals surface area contributed by atoms with Crippen molar-refractivity contribution in [1.82, 2.24) is 5.32 Å². The average molecular weight is 316 g/mol. The van der Waals surface area contributed by atoms with Crippen LogP contribution >= 0.6 is 0 Å². The summed E-state index contributed by atoms with van der Waals surface area (Å²) in [6.07, 6.45) is 0. The molecule has 4 nitrogen and oxygen atoms in total. The van der Waals surface area contributed by atoms with Gasteiger partial charge in [-0.1, -0.05) is 12.1 Å². The largest absolute Gasteiger partial charge is 0.494 e. The predicted octanol–water partition coefficient (Wildman–Crippen LogP) is 2.17. The van der Waals surface area contributed by atoms with E-state index in [4.69, 9.17) is 9.31 Å². The first-order valence-corrected chi connectivity index (χ1v) is 8.64. The Bertz CT molecular complexity index is 533. The highest BCUT2D eigenvalue weighted by atomic mass is 16.7. The Morgan fingerprint density at radius 2 is 1.43 bits per heavy atom. The van der Waals surface area contributed by atoms with E-state index in [2.05, 4.69) is 76.0 Å². The lowest BCUT2D eigenvalue weighted by atomic mass is 9.79. The molecule has 2 aliphatic heterocycles. The number of nitrogens with one attached hydrogen (secondary N) is 1. The Hall–Kier alpha value is -1.04. The molecule has 0 aliphatic carbocycles. The normalized spacial score (nSPS) is 29.8. The summed E-state index contributed by atoms with van der Waals surface area (Å²) in [6.45, 7) is 14.9. The summed E-state index contributed by atoms with van der Waals surface area (Å²) in [4.78, 5) is 2.44. The molecule has 23 heavy (non-hydrogen) atoms. The summed E-state index contributed by atoms with van der Waals surface area (Å²) in [5.41, 5.74) is 1.77. The maximum absolute atomic E-state index is 6.12.